The highest BCUT2D eigenvalue weighted by Crippen LogP contribution is 2.35. The van der Waals surface area contributed by atoms with E-state index < -0.39 is 51.9 Å². The Morgan fingerprint density at radius 2 is 0.620 bits per heavy atom. The Kier molecular flexibility index (Phi) is 19.1. The first-order valence-corrected chi connectivity index (χ1v) is 33.0. The molecule has 2 aliphatic rings. The van der Waals surface area contributed by atoms with Gasteiger partial charge in [0.2, 0.25) is 40.1 Å². The Labute approximate surface area is 471 Å². The molecule has 19 heteroatoms. The summed E-state index contributed by atoms with van der Waals surface area (Å²) < 4.78 is 125. The lowest BCUT2D eigenvalue weighted by molar-refractivity contribution is 0.0650. The van der Waals surface area contributed by atoms with Crippen LogP contribution in [0.4, 0.5) is 0 Å². The molecular weight excluding hydrogens is 1080 g/mol. The molecular formula is C60H79N5O10S4. The fourth-order valence-corrected chi connectivity index (χ4v) is 19.6. The average Bonchev–Trinajstić information content (AvgIpc) is 4.12. The lowest BCUT2D eigenvalue weighted by atomic mass is 10.1. The van der Waals surface area contributed by atoms with Crippen molar-refractivity contribution in [1.29, 1.82) is 0 Å². The van der Waals surface area contributed by atoms with Gasteiger partial charge >= 0.3 is 0 Å². The Bertz CT molecular complexity index is 3510. The number of amides is 2. The number of benzene rings is 5. The number of carbonyl (C=O) groups is 2. The summed E-state index contributed by atoms with van der Waals surface area (Å²) in [5.41, 5.74) is 8.73. The molecule has 0 bridgehead atoms. The number of nitrogens with zero attached hydrogens (tertiary/aromatic N) is 5. The van der Waals surface area contributed by atoms with Crippen molar-refractivity contribution in [1.82, 2.24) is 22.1 Å². The third-order valence-electron chi connectivity index (χ3n) is 15.1. The summed E-state index contributed by atoms with van der Waals surface area (Å²) in [6, 6.07) is 21.0. The van der Waals surface area contributed by atoms with E-state index in [0.29, 0.717) is 51.1 Å². The molecule has 1 saturated carbocycles. The molecule has 7 rings (SSSR count). The van der Waals surface area contributed by atoms with Crippen molar-refractivity contribution >= 4 is 51.9 Å². The summed E-state index contributed by atoms with van der Waals surface area (Å²) in [6.07, 6.45) is 2.17. The van der Waals surface area contributed by atoms with Crippen LogP contribution in [0.1, 0.15) is 126 Å². The number of fused-ring (bicyclic) bond motifs is 1. The van der Waals surface area contributed by atoms with Crippen LogP contribution in [0, 0.1) is 89.0 Å². The van der Waals surface area contributed by atoms with Crippen LogP contribution in [0.5, 0.6) is 0 Å². The molecule has 1 fully saturated rings. The molecule has 2 amide bonds. The molecule has 0 radical (unpaired) electrons. The second-order valence-electron chi connectivity index (χ2n) is 22.2. The molecule has 15 nitrogen and oxygen atoms in total. The summed E-state index contributed by atoms with van der Waals surface area (Å²) in [4.78, 5) is 28.4. The quantitative estimate of drug-likeness (QED) is 0.0483. The van der Waals surface area contributed by atoms with Gasteiger partial charge in [-0.15, -0.1) is 0 Å². The van der Waals surface area contributed by atoms with Crippen LogP contribution in [0.15, 0.2) is 92.4 Å². The third-order valence-corrected chi connectivity index (χ3v) is 23.9. The van der Waals surface area contributed by atoms with E-state index in [1.54, 1.807) is 104 Å². The zero-order valence-corrected chi connectivity index (χ0v) is 51.3. The van der Waals surface area contributed by atoms with E-state index in [1.807, 2.05) is 52.0 Å². The normalized spacial score (nSPS) is 14.5. The maximum absolute atomic E-state index is 15.1. The third kappa shape index (κ3) is 13.5. The number of hydrogen-bond acceptors (Lipinski definition) is 10. The van der Waals surface area contributed by atoms with Gasteiger partial charge in [0.25, 0.3) is 11.8 Å². The Morgan fingerprint density at radius 3 is 0.886 bits per heavy atom. The Balaban J connectivity index is 1.18. The van der Waals surface area contributed by atoms with Crippen molar-refractivity contribution in [2.45, 2.75) is 141 Å². The molecule has 1 aliphatic heterocycles. The lowest BCUT2D eigenvalue weighted by Gasteiger charge is -2.29. The van der Waals surface area contributed by atoms with E-state index in [0.717, 1.165) is 40.0 Å². The Hall–Kier alpha value is -5.12. The largest absolute Gasteiger partial charge is 0.274 e. The highest BCUT2D eigenvalue weighted by Gasteiger charge is 2.38. The van der Waals surface area contributed by atoms with E-state index in [2.05, 4.69) is 0 Å². The highest BCUT2D eigenvalue weighted by atomic mass is 32.2. The molecule has 5 aromatic carbocycles. The predicted octanol–water partition coefficient (Wildman–Crippen LogP) is 9.72. The van der Waals surface area contributed by atoms with Crippen molar-refractivity contribution < 1.29 is 43.3 Å². The van der Waals surface area contributed by atoms with Crippen LogP contribution in [0.25, 0.3) is 0 Å². The number of aryl methyl sites for hydroxylation is 12. The van der Waals surface area contributed by atoms with Crippen LogP contribution in [0.3, 0.4) is 0 Å². The molecule has 428 valence electrons. The second kappa shape index (κ2) is 24.5. The molecule has 0 unspecified atom stereocenters. The van der Waals surface area contributed by atoms with Gasteiger partial charge in [-0.3, -0.25) is 14.5 Å². The number of hydrogen-bond donors (Lipinski definition) is 0. The Morgan fingerprint density at radius 1 is 0.380 bits per heavy atom. The van der Waals surface area contributed by atoms with Gasteiger partial charge in [-0.1, -0.05) is 82.9 Å². The molecule has 0 N–H and O–H groups in total. The van der Waals surface area contributed by atoms with Crippen LogP contribution in [-0.2, 0) is 40.1 Å². The minimum absolute atomic E-state index is 0.0361. The van der Waals surface area contributed by atoms with Gasteiger partial charge < -0.3 is 0 Å². The summed E-state index contributed by atoms with van der Waals surface area (Å²) in [7, 11) is -16.7. The summed E-state index contributed by atoms with van der Waals surface area (Å²) >= 11 is 0. The summed E-state index contributed by atoms with van der Waals surface area (Å²) in [5, 5.41) is 0. The highest BCUT2D eigenvalue weighted by molar-refractivity contribution is 7.90. The summed E-state index contributed by atoms with van der Waals surface area (Å²) in [5.74, 6) is -0.699. The smallest absolute Gasteiger partial charge is 0.261 e. The van der Waals surface area contributed by atoms with E-state index >= 15 is 16.8 Å². The maximum Gasteiger partial charge on any atom is 0.261 e. The van der Waals surface area contributed by atoms with Gasteiger partial charge in [0.05, 0.1) is 30.7 Å². The fourth-order valence-electron chi connectivity index (χ4n) is 11.9. The minimum atomic E-state index is -4.30. The van der Waals surface area contributed by atoms with Gasteiger partial charge in [0.15, 0.2) is 0 Å². The van der Waals surface area contributed by atoms with Crippen molar-refractivity contribution in [3.63, 3.8) is 0 Å². The van der Waals surface area contributed by atoms with Crippen molar-refractivity contribution in [2.24, 2.45) is 5.92 Å². The van der Waals surface area contributed by atoms with Crippen LogP contribution < -0.4 is 0 Å². The molecule has 1 heterocycles. The van der Waals surface area contributed by atoms with Crippen molar-refractivity contribution in [2.75, 3.05) is 58.9 Å². The number of imide groups is 1. The van der Waals surface area contributed by atoms with Gasteiger partial charge in [-0.2, -0.15) is 17.2 Å². The van der Waals surface area contributed by atoms with Gasteiger partial charge in [0, 0.05) is 58.9 Å². The molecule has 1 aliphatic carbocycles. The van der Waals surface area contributed by atoms with E-state index in [1.165, 1.54) is 17.2 Å². The van der Waals surface area contributed by atoms with Crippen LogP contribution in [-0.4, -0.2) is 127 Å². The van der Waals surface area contributed by atoms with E-state index in [9.17, 15) is 26.4 Å². The number of sulfonamides is 4. The van der Waals surface area contributed by atoms with Crippen molar-refractivity contribution in [3.8, 4) is 0 Å². The number of carbonyl (C=O) groups excluding carboxylic acids is 2. The molecule has 0 spiro atoms. The zero-order chi connectivity index (χ0) is 58.1. The lowest BCUT2D eigenvalue weighted by Crippen LogP contribution is -2.41. The topological polar surface area (TPSA) is 187 Å². The van der Waals surface area contributed by atoms with E-state index in [-0.39, 0.29) is 115 Å². The van der Waals surface area contributed by atoms with Crippen LogP contribution in [0.2, 0.25) is 0 Å². The summed E-state index contributed by atoms with van der Waals surface area (Å²) in [6.45, 7) is 21.3. The van der Waals surface area contributed by atoms with Crippen molar-refractivity contribution in [3.05, 3.63) is 151 Å². The minimum Gasteiger partial charge on any atom is -0.274 e. The van der Waals surface area contributed by atoms with E-state index in [4.69, 9.17) is 0 Å². The first kappa shape index (κ1) is 61.5. The van der Waals surface area contributed by atoms with Gasteiger partial charge in [-0.05, 0) is 184 Å². The first-order chi connectivity index (χ1) is 37.0. The average molecular weight is 1160 g/mol. The molecule has 0 atom stereocenters. The van der Waals surface area contributed by atoms with Crippen LogP contribution >= 0.6 is 0 Å². The standard InChI is InChI=1S/C60H79N5O10S4/c1-40-31-44(5)55(45(6)32-40)76(68,69)61(24-16-26-63(78(72,73)57-48(9)35-42(3)36-49(57)10)28-18-30-65-59(66)53-19-13-14-20-54(53)60(65)67)23-15-25-62(77(70,71)56-46(7)33-41(2)34-47(56)8)27-17-29-64(39-52-21-22-52)79(74,75)58-50(11)37-43(4)38-51(58)12/h13-14,19-20,31-38,52H,15-18,21-30,39H2,1-12H3. The van der Waals surface area contributed by atoms with Gasteiger partial charge in [-0.25, -0.2) is 33.7 Å². The predicted molar refractivity (Wildman–Crippen MR) is 311 cm³/mol. The number of rotatable bonds is 26. The SMILES string of the molecule is Cc1cc(C)c(S(=O)(=O)N(CCCN2C(=O)c3ccccc3C2=O)CCCN(CCCN(CCCN(CC2CC2)S(=O)(=O)c2c(C)cc(C)cc2C)S(=O)(=O)c2c(C)cc(C)cc2C)S(=O)(=O)c2c(C)cc(C)cc2C)c(C)c1. The molecule has 5 aromatic rings. The fraction of sp³-hybridized carbons (Fsp3) is 0.467. The maximum atomic E-state index is 15.1. The molecule has 79 heavy (non-hydrogen) atoms. The first-order valence-electron chi connectivity index (χ1n) is 27.3. The monoisotopic (exact) mass is 1160 g/mol. The van der Waals surface area contributed by atoms with Gasteiger partial charge in [0.1, 0.15) is 0 Å². The second-order valence-corrected chi connectivity index (χ2v) is 29.7. The molecule has 0 aromatic heterocycles. The molecule has 0 saturated heterocycles. The zero-order valence-electron chi connectivity index (χ0n) is 48.1.